The molecule has 2 aliphatic heterocycles. The van der Waals surface area contributed by atoms with Crippen LogP contribution in [-0.2, 0) is 21.7 Å². The number of thiazole rings is 1. The Hall–Kier alpha value is -2.98. The molecule has 0 spiro atoms. The number of amides is 4. The highest BCUT2D eigenvalue weighted by molar-refractivity contribution is 7.13. The average Bonchev–Trinajstić information content (AvgIpc) is 3.31. The fourth-order valence-electron chi connectivity index (χ4n) is 4.36. The zero-order valence-electron chi connectivity index (χ0n) is 19.1. The van der Waals surface area contributed by atoms with Crippen molar-refractivity contribution in [3.05, 3.63) is 40.9 Å². The molecule has 2 fully saturated rings. The topological polar surface area (TPSA) is 104 Å². The molecule has 176 valence electrons. The molecule has 0 aliphatic carbocycles. The van der Waals surface area contributed by atoms with Gasteiger partial charge in [-0.2, -0.15) is 0 Å². The predicted octanol–water partition coefficient (Wildman–Crippen LogP) is 2.79. The summed E-state index contributed by atoms with van der Waals surface area (Å²) in [4.78, 5) is 46.0. The fraction of sp³-hybridized carbons (Fsp3) is 0.478. The number of hydrogen-bond donors (Lipinski definition) is 2. The summed E-state index contributed by atoms with van der Waals surface area (Å²) in [5, 5.41) is 7.82. The second-order valence-electron chi connectivity index (χ2n) is 8.85. The maximum atomic E-state index is 13.0. The first-order valence-corrected chi connectivity index (χ1v) is 11.9. The number of urea groups is 1. The number of carbonyl (C=O) groups excluding carboxylic acids is 3. The van der Waals surface area contributed by atoms with E-state index in [0.29, 0.717) is 22.4 Å². The second-order valence-corrected chi connectivity index (χ2v) is 9.71. The van der Waals surface area contributed by atoms with Crippen LogP contribution in [0.15, 0.2) is 29.6 Å². The Balaban J connectivity index is 1.36. The van der Waals surface area contributed by atoms with E-state index in [1.54, 1.807) is 38.3 Å². The van der Waals surface area contributed by atoms with Crippen LogP contribution in [0, 0.1) is 5.92 Å². The summed E-state index contributed by atoms with van der Waals surface area (Å²) >= 11 is 1.34. The molecule has 9 nitrogen and oxygen atoms in total. The van der Waals surface area contributed by atoms with Crippen molar-refractivity contribution >= 4 is 34.3 Å². The van der Waals surface area contributed by atoms with Gasteiger partial charge in [0, 0.05) is 18.5 Å². The van der Waals surface area contributed by atoms with Crippen LogP contribution in [0.3, 0.4) is 0 Å². The monoisotopic (exact) mass is 471 g/mol. The molecule has 2 aromatic rings. The summed E-state index contributed by atoms with van der Waals surface area (Å²) in [5.74, 6) is 0.383. The zero-order chi connectivity index (χ0) is 23.6. The predicted molar refractivity (Wildman–Crippen MR) is 125 cm³/mol. The van der Waals surface area contributed by atoms with Gasteiger partial charge in [0.2, 0.25) is 5.91 Å². The van der Waals surface area contributed by atoms with Gasteiger partial charge in [-0.3, -0.25) is 19.4 Å². The van der Waals surface area contributed by atoms with Crippen LogP contribution < -0.4 is 15.4 Å². The maximum absolute atomic E-state index is 13.0. The van der Waals surface area contributed by atoms with Crippen LogP contribution in [0.25, 0.3) is 0 Å². The summed E-state index contributed by atoms with van der Waals surface area (Å²) in [7, 11) is 1.55. The molecule has 0 bridgehead atoms. The number of aromatic nitrogens is 1. The van der Waals surface area contributed by atoms with E-state index in [2.05, 4.69) is 27.4 Å². The fourth-order valence-corrected chi connectivity index (χ4v) is 5.08. The molecular formula is C23H29N5O4S. The molecule has 2 aliphatic rings. The molecule has 4 amide bonds. The SMILES string of the molecule is COc1ccc([C@]2(C)NC(=O)N(CC(=O)Nc3nc(CN4CCC[C@@H](C)C4)cs3)C2=O)cc1. The number of nitrogens with zero attached hydrogens (tertiary/aromatic N) is 3. The largest absolute Gasteiger partial charge is 0.497 e. The summed E-state index contributed by atoms with van der Waals surface area (Å²) in [6, 6.07) is 6.29. The number of hydrogen-bond acceptors (Lipinski definition) is 7. The lowest BCUT2D eigenvalue weighted by Gasteiger charge is -2.30. The maximum Gasteiger partial charge on any atom is 0.325 e. The molecule has 4 rings (SSSR count). The third-order valence-corrected chi connectivity index (χ3v) is 6.98. The molecule has 1 aromatic heterocycles. The standard InChI is InChI=1S/C23H29N5O4S/c1-15-5-4-10-27(11-15)12-17-14-33-21(24-17)25-19(29)13-28-20(30)23(2,26-22(28)31)16-6-8-18(32-3)9-7-16/h6-9,14-15H,4-5,10-13H2,1-3H3,(H,26,31)(H,24,25,29)/t15-,23+/m1/s1. The number of ether oxygens (including phenoxy) is 1. The summed E-state index contributed by atoms with van der Waals surface area (Å²) in [6.07, 6.45) is 2.45. The Bertz CT molecular complexity index is 1040. The Kier molecular flexibility index (Phi) is 6.66. The van der Waals surface area contributed by atoms with Gasteiger partial charge < -0.3 is 15.4 Å². The van der Waals surface area contributed by atoms with Crippen molar-refractivity contribution in [1.82, 2.24) is 20.1 Å². The number of likely N-dealkylation sites (tertiary alicyclic amines) is 1. The quantitative estimate of drug-likeness (QED) is 0.602. The lowest BCUT2D eigenvalue weighted by atomic mass is 9.92. The van der Waals surface area contributed by atoms with Crippen LogP contribution in [0.4, 0.5) is 9.93 Å². The van der Waals surface area contributed by atoms with Crippen molar-refractivity contribution < 1.29 is 19.1 Å². The molecule has 3 heterocycles. The highest BCUT2D eigenvalue weighted by Crippen LogP contribution is 2.30. The smallest absolute Gasteiger partial charge is 0.325 e. The van der Waals surface area contributed by atoms with E-state index in [0.717, 1.165) is 30.2 Å². The number of piperidine rings is 1. The van der Waals surface area contributed by atoms with Crippen molar-refractivity contribution in [2.75, 3.05) is 32.1 Å². The molecule has 1 aromatic carbocycles. The van der Waals surface area contributed by atoms with Crippen LogP contribution in [0.1, 0.15) is 37.9 Å². The summed E-state index contributed by atoms with van der Waals surface area (Å²) < 4.78 is 5.15. The average molecular weight is 472 g/mol. The van der Waals surface area contributed by atoms with Crippen LogP contribution in [0.5, 0.6) is 5.75 Å². The highest BCUT2D eigenvalue weighted by atomic mass is 32.1. The van der Waals surface area contributed by atoms with Gasteiger partial charge in [0.25, 0.3) is 5.91 Å². The second kappa shape index (κ2) is 9.48. The van der Waals surface area contributed by atoms with Crippen LogP contribution in [-0.4, -0.2) is 59.4 Å². The summed E-state index contributed by atoms with van der Waals surface area (Å²) in [5.41, 5.74) is 0.274. The molecule has 2 atom stereocenters. The third-order valence-electron chi connectivity index (χ3n) is 6.17. The van der Waals surface area contributed by atoms with Gasteiger partial charge in [0.05, 0.1) is 12.8 Å². The van der Waals surface area contributed by atoms with Gasteiger partial charge in [-0.25, -0.2) is 9.78 Å². The number of methoxy groups -OCH3 is 1. The first kappa shape index (κ1) is 23.2. The Morgan fingerprint density at radius 1 is 1.33 bits per heavy atom. The normalized spacial score (nSPS) is 23.5. The number of carbonyl (C=O) groups is 3. The van der Waals surface area contributed by atoms with E-state index in [9.17, 15) is 14.4 Å². The van der Waals surface area contributed by atoms with Gasteiger partial charge in [0.1, 0.15) is 17.8 Å². The minimum Gasteiger partial charge on any atom is -0.497 e. The lowest BCUT2D eigenvalue weighted by molar-refractivity contribution is -0.133. The number of anilines is 1. The Morgan fingerprint density at radius 3 is 2.79 bits per heavy atom. The van der Waals surface area contributed by atoms with Crippen LogP contribution in [0.2, 0.25) is 0 Å². The molecule has 0 saturated carbocycles. The van der Waals surface area contributed by atoms with E-state index in [4.69, 9.17) is 4.74 Å². The van der Waals surface area contributed by atoms with Crippen LogP contribution >= 0.6 is 11.3 Å². The van der Waals surface area contributed by atoms with Crippen molar-refractivity contribution in [2.24, 2.45) is 5.92 Å². The third kappa shape index (κ3) is 5.01. The lowest BCUT2D eigenvalue weighted by Crippen LogP contribution is -2.42. The first-order chi connectivity index (χ1) is 15.8. The van der Waals surface area contributed by atoms with E-state index >= 15 is 0 Å². The molecule has 0 radical (unpaired) electrons. The van der Waals surface area contributed by atoms with Crippen molar-refractivity contribution in [2.45, 2.75) is 38.8 Å². The van der Waals surface area contributed by atoms with Crippen molar-refractivity contribution in [3.63, 3.8) is 0 Å². The molecule has 33 heavy (non-hydrogen) atoms. The number of benzene rings is 1. The number of nitrogens with one attached hydrogen (secondary N) is 2. The van der Waals surface area contributed by atoms with Crippen molar-refractivity contribution in [1.29, 1.82) is 0 Å². The highest BCUT2D eigenvalue weighted by Gasteiger charge is 2.49. The number of imide groups is 1. The van der Waals surface area contributed by atoms with Gasteiger partial charge in [-0.1, -0.05) is 19.1 Å². The number of rotatable bonds is 7. The molecular weight excluding hydrogens is 442 g/mol. The minimum atomic E-state index is -1.25. The van der Waals surface area contributed by atoms with Crippen molar-refractivity contribution in [3.8, 4) is 5.75 Å². The molecule has 2 saturated heterocycles. The Labute approximate surface area is 197 Å². The molecule has 2 N–H and O–H groups in total. The first-order valence-electron chi connectivity index (χ1n) is 11.0. The zero-order valence-corrected chi connectivity index (χ0v) is 19.9. The van der Waals surface area contributed by atoms with Gasteiger partial charge >= 0.3 is 6.03 Å². The van der Waals surface area contributed by atoms with E-state index in [-0.39, 0.29) is 6.54 Å². The minimum absolute atomic E-state index is 0.380. The van der Waals surface area contributed by atoms with Gasteiger partial charge in [-0.15, -0.1) is 11.3 Å². The molecule has 0 unspecified atom stereocenters. The van der Waals surface area contributed by atoms with E-state index in [1.807, 2.05) is 5.38 Å². The van der Waals surface area contributed by atoms with Gasteiger partial charge in [0.15, 0.2) is 5.13 Å². The van der Waals surface area contributed by atoms with E-state index < -0.39 is 23.4 Å². The summed E-state index contributed by atoms with van der Waals surface area (Å²) in [6.45, 7) is 6.37. The van der Waals surface area contributed by atoms with Gasteiger partial charge in [-0.05, 0) is 49.9 Å². The Morgan fingerprint density at radius 2 is 2.09 bits per heavy atom. The van der Waals surface area contributed by atoms with E-state index in [1.165, 1.54) is 24.2 Å². The molecule has 10 heteroatoms.